The average molecular weight is 665 g/mol. The van der Waals surface area contributed by atoms with Gasteiger partial charge in [-0.1, -0.05) is 62.7 Å². The van der Waals surface area contributed by atoms with E-state index in [1.807, 2.05) is 6.07 Å². The van der Waals surface area contributed by atoms with E-state index in [2.05, 4.69) is 76.8 Å². The van der Waals surface area contributed by atoms with Gasteiger partial charge in [-0.25, -0.2) is 4.98 Å². The van der Waals surface area contributed by atoms with Gasteiger partial charge in [0.1, 0.15) is 11.5 Å². The minimum absolute atomic E-state index is 0. The Bertz CT molecular complexity index is 1350. The molecule has 6 nitrogen and oxygen atoms in total. The molecular formula is C26H23F3N5ORe-. The van der Waals surface area contributed by atoms with Gasteiger partial charge in [0.15, 0.2) is 0 Å². The molecule has 2 aromatic heterocycles. The zero-order valence-electron chi connectivity index (χ0n) is 19.8. The largest absolute Gasteiger partial charge is 0.458 e. The Kier molecular flexibility index (Phi) is 6.95. The summed E-state index contributed by atoms with van der Waals surface area (Å²) in [6.07, 6.45) is -2.19. The van der Waals surface area contributed by atoms with E-state index in [1.165, 1.54) is 11.6 Å². The summed E-state index contributed by atoms with van der Waals surface area (Å²) in [6.45, 7) is 7.39. The number of alkyl halides is 3. The first kappa shape index (κ1) is 25.9. The van der Waals surface area contributed by atoms with Crippen molar-refractivity contribution in [1.29, 1.82) is 0 Å². The van der Waals surface area contributed by atoms with Gasteiger partial charge in [-0.3, -0.25) is 0 Å². The molecule has 0 atom stereocenters. The first-order chi connectivity index (χ1) is 16.6. The van der Waals surface area contributed by atoms with Gasteiger partial charge in [0, 0.05) is 44.9 Å². The van der Waals surface area contributed by atoms with Crippen molar-refractivity contribution in [3.8, 4) is 11.4 Å². The summed E-state index contributed by atoms with van der Waals surface area (Å²) in [5.74, 6) is 0.564. The number of hydrogen-bond acceptors (Lipinski definition) is 6. The molecular weight excluding hydrogens is 642 g/mol. The standard InChI is InChI=1S/C26H23F3N5O.Re/c1-25(2,3)19-8-4-16(5-9-19)13-34-14-18-7-11-22(26(27,28)29)32-24(18)31-20-10-6-17(12-21(20)34)23-30-15-35-33-23;/h4-12H,13-14H2,1-3H3,(H,31,32);/q-1;. The number of nitrogens with one attached hydrogen (secondary N) is 1. The number of pyridine rings is 1. The van der Waals surface area contributed by atoms with Crippen LogP contribution < -0.4 is 10.2 Å². The maximum absolute atomic E-state index is 13.3. The van der Waals surface area contributed by atoms with Crippen LogP contribution in [0.3, 0.4) is 0 Å². The third-order valence-corrected chi connectivity index (χ3v) is 6.00. The van der Waals surface area contributed by atoms with Crippen LogP contribution in [-0.4, -0.2) is 15.1 Å². The molecule has 0 saturated carbocycles. The molecule has 0 fully saturated rings. The smallest absolute Gasteiger partial charge is 0.433 e. The molecule has 0 amide bonds. The Morgan fingerprint density at radius 3 is 2.42 bits per heavy atom. The number of rotatable bonds is 3. The minimum atomic E-state index is -4.53. The molecule has 0 aliphatic carbocycles. The number of fused-ring (bicyclic) bond motifs is 2. The molecule has 3 heterocycles. The second-order valence-electron chi connectivity index (χ2n) is 9.57. The first-order valence-corrected chi connectivity index (χ1v) is 11.1. The second kappa shape index (κ2) is 9.68. The van der Waals surface area contributed by atoms with E-state index in [0.717, 1.165) is 17.3 Å². The third-order valence-electron chi connectivity index (χ3n) is 6.00. The van der Waals surface area contributed by atoms with Crippen LogP contribution in [0.4, 0.5) is 30.4 Å². The minimum Gasteiger partial charge on any atom is -0.458 e. The van der Waals surface area contributed by atoms with Crippen LogP contribution in [0.2, 0.25) is 0 Å². The van der Waals surface area contributed by atoms with Crippen molar-refractivity contribution in [1.82, 2.24) is 15.1 Å². The normalized spacial score (nSPS) is 13.2. The molecule has 187 valence electrons. The number of nitrogens with zero attached hydrogens (tertiary/aromatic N) is 4. The van der Waals surface area contributed by atoms with Crippen LogP contribution in [-0.2, 0) is 45.1 Å². The van der Waals surface area contributed by atoms with Crippen molar-refractivity contribution in [2.45, 2.75) is 45.5 Å². The van der Waals surface area contributed by atoms with E-state index in [4.69, 9.17) is 4.52 Å². The van der Waals surface area contributed by atoms with Gasteiger partial charge in [0.25, 0.3) is 0 Å². The van der Waals surface area contributed by atoms with Gasteiger partial charge >= 0.3 is 6.18 Å². The number of halogens is 3. The third kappa shape index (κ3) is 5.30. The van der Waals surface area contributed by atoms with Crippen molar-refractivity contribution < 1.29 is 38.1 Å². The van der Waals surface area contributed by atoms with Crippen molar-refractivity contribution >= 4 is 17.2 Å². The van der Waals surface area contributed by atoms with Gasteiger partial charge in [-0.2, -0.15) is 18.3 Å². The van der Waals surface area contributed by atoms with Gasteiger partial charge in [-0.05, 0) is 34.7 Å². The van der Waals surface area contributed by atoms with E-state index >= 15 is 0 Å². The molecule has 2 aromatic carbocycles. The Balaban J connectivity index is 0.00000304. The van der Waals surface area contributed by atoms with Crippen LogP contribution in [0.25, 0.3) is 11.4 Å². The molecule has 0 spiro atoms. The molecule has 1 N–H and O–H groups in total. The molecule has 1 aliphatic rings. The van der Waals surface area contributed by atoms with E-state index < -0.39 is 11.9 Å². The van der Waals surface area contributed by atoms with Gasteiger partial charge in [0.2, 0.25) is 0 Å². The van der Waals surface area contributed by atoms with E-state index in [1.54, 1.807) is 12.1 Å². The topological polar surface area (TPSA) is 67.1 Å². The van der Waals surface area contributed by atoms with Gasteiger partial charge < -0.3 is 19.7 Å². The van der Waals surface area contributed by atoms with Crippen molar-refractivity contribution in [3.63, 3.8) is 0 Å². The zero-order chi connectivity index (χ0) is 24.8. The van der Waals surface area contributed by atoms with E-state index in [0.29, 0.717) is 35.7 Å². The van der Waals surface area contributed by atoms with E-state index in [-0.39, 0.29) is 31.7 Å². The summed E-state index contributed by atoms with van der Waals surface area (Å²) in [6, 6.07) is 16.4. The van der Waals surface area contributed by atoms with Crippen LogP contribution in [0, 0.1) is 6.39 Å². The second-order valence-corrected chi connectivity index (χ2v) is 9.57. The average Bonchev–Trinajstić information content (AvgIpc) is 3.29. The Morgan fingerprint density at radius 2 is 1.78 bits per heavy atom. The molecule has 1 aliphatic heterocycles. The predicted molar refractivity (Wildman–Crippen MR) is 126 cm³/mol. The van der Waals surface area contributed by atoms with E-state index in [9.17, 15) is 13.2 Å². The molecule has 1 radical (unpaired) electrons. The van der Waals surface area contributed by atoms with Gasteiger partial charge in [-0.15, -0.1) is 0 Å². The number of aromatic nitrogens is 3. The van der Waals surface area contributed by atoms with Gasteiger partial charge in [0.05, 0.1) is 17.8 Å². The van der Waals surface area contributed by atoms with Crippen molar-refractivity contribution in [2.75, 3.05) is 10.2 Å². The van der Waals surface area contributed by atoms with Crippen LogP contribution in [0.1, 0.15) is 43.2 Å². The fraction of sp³-hybridized carbons (Fsp3) is 0.269. The number of anilines is 3. The maximum Gasteiger partial charge on any atom is 0.433 e. The SMILES string of the molecule is CC(C)(C)c1ccc(CN2Cc3ccc(C(F)(F)F)nc3Nc3ccc(-c4n[c-]on4)cc32)cc1.[Re]. The fourth-order valence-corrected chi connectivity index (χ4v) is 4.07. The molecule has 0 bridgehead atoms. The molecule has 0 unspecified atom stereocenters. The Labute approximate surface area is 220 Å². The van der Waals surface area contributed by atoms with Crippen molar-refractivity contribution in [3.05, 3.63) is 83.4 Å². The molecule has 4 aromatic rings. The van der Waals surface area contributed by atoms with Crippen molar-refractivity contribution in [2.24, 2.45) is 0 Å². The summed E-state index contributed by atoms with van der Waals surface area (Å²) >= 11 is 0. The van der Waals surface area contributed by atoms with Crippen LogP contribution in [0.5, 0.6) is 0 Å². The summed E-state index contributed by atoms with van der Waals surface area (Å²) < 4.78 is 44.7. The summed E-state index contributed by atoms with van der Waals surface area (Å²) in [5, 5.41) is 6.97. The monoisotopic (exact) mass is 665 g/mol. The van der Waals surface area contributed by atoms with Crippen LogP contribution in [0.15, 0.2) is 59.1 Å². The molecule has 5 rings (SSSR count). The van der Waals surface area contributed by atoms with Crippen LogP contribution >= 0.6 is 0 Å². The number of hydrogen-bond donors (Lipinski definition) is 1. The fourth-order valence-electron chi connectivity index (χ4n) is 4.07. The molecule has 0 saturated heterocycles. The number of benzene rings is 2. The summed E-state index contributed by atoms with van der Waals surface area (Å²) in [5.41, 5.74) is 4.20. The Morgan fingerprint density at radius 1 is 1.03 bits per heavy atom. The Hall–Kier alpha value is -3.22. The zero-order valence-corrected chi connectivity index (χ0v) is 22.5. The summed E-state index contributed by atoms with van der Waals surface area (Å²) in [7, 11) is 0. The first-order valence-electron chi connectivity index (χ1n) is 11.1. The molecule has 36 heavy (non-hydrogen) atoms. The summed E-state index contributed by atoms with van der Waals surface area (Å²) in [4.78, 5) is 9.99. The maximum atomic E-state index is 13.3. The quantitative estimate of drug-likeness (QED) is 0.252. The predicted octanol–water partition coefficient (Wildman–Crippen LogP) is 6.51. The molecule has 10 heteroatoms.